The molecule has 0 unspecified atom stereocenters. The average Bonchev–Trinajstić information content (AvgIpc) is 2.83. The van der Waals surface area contributed by atoms with Gasteiger partial charge in [-0.3, -0.25) is 9.59 Å². The van der Waals surface area contributed by atoms with E-state index in [-0.39, 0.29) is 13.2 Å². The summed E-state index contributed by atoms with van der Waals surface area (Å²) in [6.07, 6.45) is 1.58. The number of nitrogens with zero attached hydrogens (tertiary/aromatic N) is 1. The standard InChI is InChI=1S/C24H30N2O6/c1-2-29-11-8-26-9-12-30-10-7-25-21-5-3-19(17-27)15-23(21)31-13-14-32-24-16-20(18-28)4-6-22(24)26/h3-6,15-18,25H,2,7-14H2,1H3. The lowest BCUT2D eigenvalue weighted by Gasteiger charge is -2.27. The Labute approximate surface area is 188 Å². The van der Waals surface area contributed by atoms with E-state index in [1.54, 1.807) is 24.3 Å². The summed E-state index contributed by atoms with van der Waals surface area (Å²) in [6, 6.07) is 10.6. The molecule has 0 bridgehead atoms. The molecule has 0 atom stereocenters. The minimum atomic E-state index is 0.274. The second-order valence-corrected chi connectivity index (χ2v) is 7.14. The van der Waals surface area contributed by atoms with Gasteiger partial charge >= 0.3 is 0 Å². The number of aldehydes is 2. The fourth-order valence-electron chi connectivity index (χ4n) is 3.37. The van der Waals surface area contributed by atoms with Crippen LogP contribution in [0.2, 0.25) is 0 Å². The third-order valence-electron chi connectivity index (χ3n) is 4.98. The third-order valence-corrected chi connectivity index (χ3v) is 4.98. The Balaban J connectivity index is 1.81. The molecule has 1 heterocycles. The Bertz CT molecular complexity index is 889. The third kappa shape index (κ3) is 6.70. The average molecular weight is 443 g/mol. The van der Waals surface area contributed by atoms with Crippen LogP contribution in [-0.4, -0.2) is 71.8 Å². The summed E-state index contributed by atoms with van der Waals surface area (Å²) in [5, 5.41) is 3.29. The molecule has 172 valence electrons. The van der Waals surface area contributed by atoms with Gasteiger partial charge in [-0.15, -0.1) is 0 Å². The van der Waals surface area contributed by atoms with Crippen LogP contribution >= 0.6 is 0 Å². The highest BCUT2D eigenvalue weighted by atomic mass is 16.5. The molecule has 0 aromatic heterocycles. The molecule has 0 spiro atoms. The van der Waals surface area contributed by atoms with Crippen LogP contribution in [0.1, 0.15) is 27.6 Å². The zero-order valence-corrected chi connectivity index (χ0v) is 18.4. The molecule has 0 amide bonds. The van der Waals surface area contributed by atoms with Gasteiger partial charge in [-0.25, -0.2) is 0 Å². The number of anilines is 2. The van der Waals surface area contributed by atoms with Crippen LogP contribution in [0.3, 0.4) is 0 Å². The van der Waals surface area contributed by atoms with Gasteiger partial charge in [0.05, 0.1) is 31.2 Å². The molecule has 1 aliphatic rings. The number of hydrogen-bond donors (Lipinski definition) is 1. The van der Waals surface area contributed by atoms with E-state index >= 15 is 0 Å². The lowest BCUT2D eigenvalue weighted by Crippen LogP contribution is -2.32. The number of carbonyl (C=O) groups is 2. The van der Waals surface area contributed by atoms with E-state index in [2.05, 4.69) is 10.2 Å². The van der Waals surface area contributed by atoms with Crippen LogP contribution in [0.25, 0.3) is 0 Å². The van der Waals surface area contributed by atoms with E-state index in [1.165, 1.54) is 0 Å². The van der Waals surface area contributed by atoms with Crippen LogP contribution in [-0.2, 0) is 9.47 Å². The lowest BCUT2D eigenvalue weighted by molar-refractivity contribution is 0.111. The summed E-state index contributed by atoms with van der Waals surface area (Å²) in [5.41, 5.74) is 2.73. The first-order valence-electron chi connectivity index (χ1n) is 10.8. The summed E-state index contributed by atoms with van der Waals surface area (Å²) in [5.74, 6) is 1.18. The molecule has 32 heavy (non-hydrogen) atoms. The van der Waals surface area contributed by atoms with E-state index < -0.39 is 0 Å². The summed E-state index contributed by atoms with van der Waals surface area (Å²) in [4.78, 5) is 24.6. The summed E-state index contributed by atoms with van der Waals surface area (Å²) < 4.78 is 23.3. The number of carbonyl (C=O) groups excluding carboxylic acids is 2. The normalized spacial score (nSPS) is 15.0. The number of fused-ring (bicyclic) bond motifs is 2. The predicted molar refractivity (Wildman–Crippen MR) is 123 cm³/mol. The van der Waals surface area contributed by atoms with Crippen molar-refractivity contribution >= 4 is 23.9 Å². The molecule has 8 nitrogen and oxygen atoms in total. The van der Waals surface area contributed by atoms with E-state index in [0.717, 1.165) is 23.9 Å². The smallest absolute Gasteiger partial charge is 0.150 e. The molecular formula is C24H30N2O6. The number of ether oxygens (including phenoxy) is 4. The van der Waals surface area contributed by atoms with Crippen LogP contribution in [0.5, 0.6) is 11.5 Å². The molecule has 8 heteroatoms. The summed E-state index contributed by atoms with van der Waals surface area (Å²) >= 11 is 0. The Hall–Kier alpha value is -3.10. The van der Waals surface area contributed by atoms with Crippen molar-refractivity contribution in [3.8, 4) is 11.5 Å². The van der Waals surface area contributed by atoms with Gasteiger partial charge in [-0.2, -0.15) is 0 Å². The van der Waals surface area contributed by atoms with Crippen molar-refractivity contribution in [2.45, 2.75) is 6.92 Å². The van der Waals surface area contributed by atoms with Gasteiger partial charge in [-0.1, -0.05) is 0 Å². The lowest BCUT2D eigenvalue weighted by atomic mass is 10.2. The maximum atomic E-state index is 11.3. The second kappa shape index (κ2) is 12.7. The highest BCUT2D eigenvalue weighted by Gasteiger charge is 2.15. The molecule has 1 N–H and O–H groups in total. The maximum absolute atomic E-state index is 11.3. The molecule has 0 aliphatic carbocycles. The maximum Gasteiger partial charge on any atom is 0.150 e. The monoisotopic (exact) mass is 442 g/mol. The largest absolute Gasteiger partial charge is 0.488 e. The Morgan fingerprint density at radius 2 is 1.69 bits per heavy atom. The Morgan fingerprint density at radius 3 is 2.44 bits per heavy atom. The van der Waals surface area contributed by atoms with E-state index in [9.17, 15) is 9.59 Å². The zero-order chi connectivity index (χ0) is 22.6. The zero-order valence-electron chi connectivity index (χ0n) is 18.4. The van der Waals surface area contributed by atoms with E-state index in [0.29, 0.717) is 68.7 Å². The molecule has 0 saturated carbocycles. The molecule has 3 rings (SSSR count). The fraction of sp³-hybridized carbons (Fsp3) is 0.417. The SMILES string of the molecule is CCOCCN1CCOCCNc2ccc(C=O)cc2OCCOc2cc(C=O)ccc21. The van der Waals surface area contributed by atoms with Gasteiger partial charge in [-0.05, 0) is 43.3 Å². The van der Waals surface area contributed by atoms with Gasteiger partial charge in [0.15, 0.2) is 0 Å². The first-order valence-corrected chi connectivity index (χ1v) is 10.8. The van der Waals surface area contributed by atoms with Gasteiger partial charge in [0, 0.05) is 37.4 Å². The minimum Gasteiger partial charge on any atom is -0.488 e. The Morgan fingerprint density at radius 1 is 0.969 bits per heavy atom. The van der Waals surface area contributed by atoms with Crippen molar-refractivity contribution in [1.82, 2.24) is 0 Å². The number of hydrogen-bond acceptors (Lipinski definition) is 8. The molecule has 0 radical (unpaired) electrons. The predicted octanol–water partition coefficient (Wildman–Crippen LogP) is 3.05. The van der Waals surface area contributed by atoms with Crippen LogP contribution in [0.4, 0.5) is 11.4 Å². The van der Waals surface area contributed by atoms with Gasteiger partial charge < -0.3 is 29.2 Å². The number of rotatable bonds is 6. The number of benzene rings is 2. The quantitative estimate of drug-likeness (QED) is 0.540. The molecule has 2 aromatic carbocycles. The summed E-state index contributed by atoms with van der Waals surface area (Å²) in [6.45, 7) is 6.70. The first-order chi connectivity index (χ1) is 15.7. The number of nitrogens with one attached hydrogen (secondary N) is 1. The van der Waals surface area contributed by atoms with Crippen molar-refractivity contribution in [2.24, 2.45) is 0 Å². The van der Waals surface area contributed by atoms with Crippen molar-refractivity contribution in [1.29, 1.82) is 0 Å². The van der Waals surface area contributed by atoms with Crippen molar-refractivity contribution in [2.75, 3.05) is 69.5 Å². The molecular weight excluding hydrogens is 412 g/mol. The van der Waals surface area contributed by atoms with E-state index in [1.807, 2.05) is 19.1 Å². The minimum absolute atomic E-state index is 0.274. The van der Waals surface area contributed by atoms with E-state index in [4.69, 9.17) is 18.9 Å². The van der Waals surface area contributed by atoms with Gasteiger partial charge in [0.1, 0.15) is 37.3 Å². The summed E-state index contributed by atoms with van der Waals surface area (Å²) in [7, 11) is 0. The van der Waals surface area contributed by atoms with Crippen LogP contribution < -0.4 is 19.7 Å². The highest BCUT2D eigenvalue weighted by Crippen LogP contribution is 2.30. The first kappa shape index (κ1) is 23.6. The van der Waals surface area contributed by atoms with Crippen LogP contribution in [0.15, 0.2) is 36.4 Å². The van der Waals surface area contributed by atoms with Crippen molar-refractivity contribution in [3.05, 3.63) is 47.5 Å². The van der Waals surface area contributed by atoms with Crippen molar-refractivity contribution in [3.63, 3.8) is 0 Å². The molecule has 0 saturated heterocycles. The van der Waals surface area contributed by atoms with Crippen molar-refractivity contribution < 1.29 is 28.5 Å². The molecule has 0 fully saturated rings. The highest BCUT2D eigenvalue weighted by molar-refractivity contribution is 5.79. The van der Waals surface area contributed by atoms with Gasteiger partial charge in [0.25, 0.3) is 0 Å². The molecule has 1 aliphatic heterocycles. The molecule has 2 aromatic rings. The fourth-order valence-corrected chi connectivity index (χ4v) is 3.37. The topological polar surface area (TPSA) is 86.3 Å². The second-order valence-electron chi connectivity index (χ2n) is 7.14. The Kier molecular flexibility index (Phi) is 9.34. The van der Waals surface area contributed by atoms with Gasteiger partial charge in [0.2, 0.25) is 0 Å². The van der Waals surface area contributed by atoms with Crippen LogP contribution in [0, 0.1) is 0 Å².